The van der Waals surface area contributed by atoms with Gasteiger partial charge < -0.3 is 0 Å². The SMILES string of the molecule is CC(C)c1ccc(CC(NN)C2CCCCC2(C)C)cc1. The predicted octanol–water partition coefficient (Wildman–Crippen LogP) is 4.40. The van der Waals surface area contributed by atoms with Crippen LogP contribution in [-0.2, 0) is 6.42 Å². The predicted molar refractivity (Wildman–Crippen MR) is 91.1 cm³/mol. The summed E-state index contributed by atoms with van der Waals surface area (Å²) < 4.78 is 0. The van der Waals surface area contributed by atoms with Crippen molar-refractivity contribution in [1.82, 2.24) is 5.43 Å². The second-order valence-electron chi connectivity index (χ2n) is 7.71. The van der Waals surface area contributed by atoms with Gasteiger partial charge in [-0.3, -0.25) is 11.3 Å². The number of nitrogens with two attached hydrogens (primary N) is 1. The Hall–Kier alpha value is -0.860. The first-order chi connectivity index (χ1) is 9.94. The van der Waals surface area contributed by atoms with Crippen molar-refractivity contribution in [3.05, 3.63) is 35.4 Å². The Balaban J connectivity index is 2.07. The van der Waals surface area contributed by atoms with Crippen LogP contribution in [0, 0.1) is 11.3 Å². The van der Waals surface area contributed by atoms with Crippen LogP contribution in [0.15, 0.2) is 24.3 Å². The number of rotatable bonds is 5. The average Bonchev–Trinajstić information content (AvgIpc) is 2.45. The first-order valence-electron chi connectivity index (χ1n) is 8.49. The lowest BCUT2D eigenvalue weighted by atomic mass is 9.65. The number of nitrogens with one attached hydrogen (secondary N) is 1. The van der Waals surface area contributed by atoms with Crippen LogP contribution in [-0.4, -0.2) is 6.04 Å². The van der Waals surface area contributed by atoms with Gasteiger partial charge in [0, 0.05) is 6.04 Å². The summed E-state index contributed by atoms with van der Waals surface area (Å²) in [6.45, 7) is 9.29. The van der Waals surface area contributed by atoms with E-state index in [9.17, 15) is 0 Å². The molecule has 3 N–H and O–H groups in total. The molecule has 1 aliphatic rings. The van der Waals surface area contributed by atoms with Crippen molar-refractivity contribution in [2.45, 2.75) is 71.8 Å². The Kier molecular flexibility index (Phi) is 5.45. The van der Waals surface area contributed by atoms with Gasteiger partial charge in [0.1, 0.15) is 0 Å². The quantitative estimate of drug-likeness (QED) is 0.622. The van der Waals surface area contributed by atoms with Gasteiger partial charge in [-0.05, 0) is 47.6 Å². The van der Waals surface area contributed by atoms with Gasteiger partial charge in [0.15, 0.2) is 0 Å². The molecule has 0 spiro atoms. The minimum absolute atomic E-state index is 0.380. The van der Waals surface area contributed by atoms with Gasteiger partial charge in [0.2, 0.25) is 0 Å². The third-order valence-electron chi connectivity index (χ3n) is 5.39. The lowest BCUT2D eigenvalue weighted by Gasteiger charge is -2.43. The van der Waals surface area contributed by atoms with Crippen molar-refractivity contribution < 1.29 is 0 Å². The summed E-state index contributed by atoms with van der Waals surface area (Å²) in [5.41, 5.74) is 6.31. The van der Waals surface area contributed by atoms with Crippen LogP contribution < -0.4 is 11.3 Å². The van der Waals surface area contributed by atoms with Crippen LogP contribution in [0.3, 0.4) is 0 Å². The van der Waals surface area contributed by atoms with Crippen LogP contribution in [0.5, 0.6) is 0 Å². The topological polar surface area (TPSA) is 38.0 Å². The molecule has 0 heterocycles. The van der Waals surface area contributed by atoms with E-state index in [-0.39, 0.29) is 0 Å². The first kappa shape index (κ1) is 16.5. The lowest BCUT2D eigenvalue weighted by Crippen LogP contribution is -2.48. The minimum atomic E-state index is 0.380. The zero-order valence-corrected chi connectivity index (χ0v) is 14.2. The molecule has 1 aromatic rings. The van der Waals surface area contributed by atoms with Crippen molar-refractivity contribution in [3.63, 3.8) is 0 Å². The van der Waals surface area contributed by atoms with Crippen molar-refractivity contribution >= 4 is 0 Å². The highest BCUT2D eigenvalue weighted by atomic mass is 15.2. The zero-order valence-electron chi connectivity index (χ0n) is 14.2. The molecule has 0 aromatic heterocycles. The smallest absolute Gasteiger partial charge is 0.0284 e. The summed E-state index contributed by atoms with van der Waals surface area (Å²) in [6, 6.07) is 9.45. The molecule has 0 saturated heterocycles. The van der Waals surface area contributed by atoms with E-state index in [2.05, 4.69) is 57.4 Å². The van der Waals surface area contributed by atoms with E-state index >= 15 is 0 Å². The van der Waals surface area contributed by atoms with Gasteiger partial charge in [-0.25, -0.2) is 0 Å². The Morgan fingerprint density at radius 2 is 1.86 bits per heavy atom. The molecular formula is C19H32N2. The van der Waals surface area contributed by atoms with Gasteiger partial charge in [-0.15, -0.1) is 0 Å². The second-order valence-corrected chi connectivity index (χ2v) is 7.71. The maximum absolute atomic E-state index is 5.90. The van der Waals surface area contributed by atoms with Crippen molar-refractivity contribution in [2.75, 3.05) is 0 Å². The molecule has 21 heavy (non-hydrogen) atoms. The highest BCUT2D eigenvalue weighted by Gasteiger charge is 2.37. The van der Waals surface area contributed by atoms with Crippen molar-refractivity contribution in [1.29, 1.82) is 0 Å². The molecule has 0 aliphatic heterocycles. The van der Waals surface area contributed by atoms with Crippen LogP contribution in [0.25, 0.3) is 0 Å². The third kappa shape index (κ3) is 4.08. The van der Waals surface area contributed by atoms with Gasteiger partial charge >= 0.3 is 0 Å². The average molecular weight is 288 g/mol. The van der Waals surface area contributed by atoms with Crippen LogP contribution in [0.1, 0.15) is 70.4 Å². The van der Waals surface area contributed by atoms with E-state index in [1.807, 2.05) is 0 Å². The van der Waals surface area contributed by atoms with E-state index in [0.29, 0.717) is 23.3 Å². The standard InChI is InChI=1S/C19H32N2/c1-14(2)16-10-8-15(9-11-16)13-18(21-20)17-7-5-6-12-19(17,3)4/h8-11,14,17-18,21H,5-7,12-13,20H2,1-4H3. The summed E-state index contributed by atoms with van der Waals surface area (Å²) >= 11 is 0. The van der Waals surface area contributed by atoms with E-state index in [0.717, 1.165) is 6.42 Å². The highest BCUT2D eigenvalue weighted by Crippen LogP contribution is 2.42. The zero-order chi connectivity index (χ0) is 15.5. The second kappa shape index (κ2) is 6.93. The summed E-state index contributed by atoms with van der Waals surface area (Å²) in [4.78, 5) is 0. The van der Waals surface area contributed by atoms with E-state index in [4.69, 9.17) is 5.84 Å². The molecular weight excluding hydrogens is 256 g/mol. The van der Waals surface area contributed by atoms with Crippen molar-refractivity contribution in [2.24, 2.45) is 17.2 Å². The molecule has 2 nitrogen and oxygen atoms in total. The summed E-state index contributed by atoms with van der Waals surface area (Å²) in [5, 5.41) is 0. The molecule has 2 unspecified atom stereocenters. The number of hydrogen-bond donors (Lipinski definition) is 2. The summed E-state index contributed by atoms with van der Waals surface area (Å²) in [6.07, 6.45) is 6.36. The lowest BCUT2D eigenvalue weighted by molar-refractivity contribution is 0.0982. The Labute approximate surface area is 130 Å². The van der Waals surface area contributed by atoms with E-state index in [1.165, 1.54) is 36.8 Å². The van der Waals surface area contributed by atoms with Crippen LogP contribution >= 0.6 is 0 Å². The minimum Gasteiger partial charge on any atom is -0.271 e. The van der Waals surface area contributed by atoms with Gasteiger partial charge in [-0.2, -0.15) is 0 Å². The van der Waals surface area contributed by atoms with Crippen molar-refractivity contribution in [3.8, 4) is 0 Å². The normalized spacial score (nSPS) is 23.2. The number of hydrogen-bond acceptors (Lipinski definition) is 2. The Morgan fingerprint density at radius 3 is 2.38 bits per heavy atom. The molecule has 0 bridgehead atoms. The maximum Gasteiger partial charge on any atom is 0.0284 e. The highest BCUT2D eigenvalue weighted by molar-refractivity contribution is 5.25. The summed E-state index contributed by atoms with van der Waals surface area (Å²) in [5.74, 6) is 7.17. The van der Waals surface area contributed by atoms with Gasteiger partial charge in [-0.1, -0.05) is 64.8 Å². The number of hydrazine groups is 1. The fraction of sp³-hybridized carbons (Fsp3) is 0.684. The molecule has 1 aliphatic carbocycles. The Bertz CT molecular complexity index is 433. The largest absolute Gasteiger partial charge is 0.271 e. The van der Waals surface area contributed by atoms with Crippen LogP contribution in [0.2, 0.25) is 0 Å². The van der Waals surface area contributed by atoms with Gasteiger partial charge in [0.25, 0.3) is 0 Å². The number of benzene rings is 1. The molecule has 0 radical (unpaired) electrons. The monoisotopic (exact) mass is 288 g/mol. The van der Waals surface area contributed by atoms with Crippen LogP contribution in [0.4, 0.5) is 0 Å². The molecule has 1 fully saturated rings. The molecule has 1 saturated carbocycles. The molecule has 0 amide bonds. The maximum atomic E-state index is 5.90. The fourth-order valence-electron chi connectivity index (χ4n) is 3.88. The third-order valence-corrected chi connectivity index (χ3v) is 5.39. The van der Waals surface area contributed by atoms with E-state index < -0.39 is 0 Å². The van der Waals surface area contributed by atoms with Gasteiger partial charge in [0.05, 0.1) is 0 Å². The molecule has 2 rings (SSSR count). The molecule has 2 heteroatoms. The van der Waals surface area contributed by atoms with E-state index in [1.54, 1.807) is 0 Å². The first-order valence-corrected chi connectivity index (χ1v) is 8.49. The Morgan fingerprint density at radius 1 is 1.19 bits per heavy atom. The summed E-state index contributed by atoms with van der Waals surface area (Å²) in [7, 11) is 0. The molecule has 118 valence electrons. The fourth-order valence-corrected chi connectivity index (χ4v) is 3.88. The molecule has 1 aromatic carbocycles. The molecule has 2 atom stereocenters.